The fourth-order valence-corrected chi connectivity index (χ4v) is 2.90. The van der Waals surface area contributed by atoms with Crippen molar-refractivity contribution in [2.24, 2.45) is 5.92 Å². The number of hydrogen-bond acceptors (Lipinski definition) is 2. The first-order chi connectivity index (χ1) is 8.31. The minimum atomic E-state index is 0.254. The number of unbranched alkanes of at least 4 members (excludes halogenated alkanes) is 1. The number of nitrogens with zero attached hydrogens (tertiary/aromatic N) is 1. The molecule has 2 heteroatoms. The molecule has 98 valence electrons. The Morgan fingerprint density at radius 2 is 1.94 bits per heavy atom. The van der Waals surface area contributed by atoms with Crippen LogP contribution in [-0.4, -0.2) is 12.1 Å². The molecule has 0 aromatic rings. The predicted octanol–water partition coefficient (Wildman–Crippen LogP) is 4.02. The molecule has 2 nitrogen and oxygen atoms in total. The van der Waals surface area contributed by atoms with Gasteiger partial charge >= 0.3 is 0 Å². The maximum atomic E-state index is 9.19. The molecule has 1 aliphatic carbocycles. The fraction of sp³-hybridized carbons (Fsp3) is 0.933. The standard InChI is InChI=1S/C15H28N2/c1-3-5-10-14(8-4-2)17-15-11-7-6-9-13(15)12-16/h13-15,17H,3-11H2,1-2H3. The van der Waals surface area contributed by atoms with Crippen LogP contribution in [0.15, 0.2) is 0 Å². The highest BCUT2D eigenvalue weighted by Gasteiger charge is 2.26. The van der Waals surface area contributed by atoms with Crippen LogP contribution in [0.3, 0.4) is 0 Å². The van der Waals surface area contributed by atoms with E-state index in [1.807, 2.05) is 0 Å². The van der Waals surface area contributed by atoms with E-state index in [0.717, 1.165) is 6.42 Å². The van der Waals surface area contributed by atoms with Crippen molar-refractivity contribution >= 4 is 0 Å². The first-order valence-corrected chi connectivity index (χ1v) is 7.47. The zero-order valence-electron chi connectivity index (χ0n) is 11.5. The van der Waals surface area contributed by atoms with Gasteiger partial charge in [-0.05, 0) is 25.7 Å². The normalized spacial score (nSPS) is 26.4. The molecule has 1 N–H and O–H groups in total. The van der Waals surface area contributed by atoms with Crippen LogP contribution in [0.1, 0.15) is 71.6 Å². The SMILES string of the molecule is CCCCC(CCC)NC1CCCCC1C#N. The van der Waals surface area contributed by atoms with Crippen molar-refractivity contribution in [1.82, 2.24) is 5.32 Å². The van der Waals surface area contributed by atoms with Gasteiger partial charge < -0.3 is 5.32 Å². The number of nitrogens with one attached hydrogen (secondary N) is 1. The summed E-state index contributed by atoms with van der Waals surface area (Å²) in [6, 6.07) is 3.59. The minimum absolute atomic E-state index is 0.254. The summed E-state index contributed by atoms with van der Waals surface area (Å²) >= 11 is 0. The second-order valence-corrected chi connectivity index (χ2v) is 5.42. The largest absolute Gasteiger partial charge is 0.310 e. The summed E-state index contributed by atoms with van der Waals surface area (Å²) < 4.78 is 0. The molecular weight excluding hydrogens is 208 g/mol. The van der Waals surface area contributed by atoms with Crippen LogP contribution in [0.2, 0.25) is 0 Å². The highest BCUT2D eigenvalue weighted by atomic mass is 15.0. The van der Waals surface area contributed by atoms with E-state index in [-0.39, 0.29) is 5.92 Å². The monoisotopic (exact) mass is 236 g/mol. The highest BCUT2D eigenvalue weighted by Crippen LogP contribution is 2.25. The van der Waals surface area contributed by atoms with E-state index in [1.165, 1.54) is 51.4 Å². The smallest absolute Gasteiger partial charge is 0.0672 e. The van der Waals surface area contributed by atoms with Gasteiger partial charge in [-0.1, -0.05) is 46.0 Å². The summed E-state index contributed by atoms with van der Waals surface area (Å²) in [4.78, 5) is 0. The van der Waals surface area contributed by atoms with Crippen LogP contribution in [-0.2, 0) is 0 Å². The van der Waals surface area contributed by atoms with Crippen molar-refractivity contribution in [1.29, 1.82) is 5.26 Å². The Labute approximate surface area is 107 Å². The van der Waals surface area contributed by atoms with Crippen LogP contribution in [0.25, 0.3) is 0 Å². The third-order valence-corrected chi connectivity index (χ3v) is 3.92. The maximum absolute atomic E-state index is 9.19. The van der Waals surface area contributed by atoms with Gasteiger partial charge in [-0.15, -0.1) is 0 Å². The molecule has 3 atom stereocenters. The first kappa shape index (κ1) is 14.5. The molecule has 0 spiro atoms. The van der Waals surface area contributed by atoms with Crippen LogP contribution < -0.4 is 5.32 Å². The average molecular weight is 236 g/mol. The zero-order valence-corrected chi connectivity index (χ0v) is 11.5. The van der Waals surface area contributed by atoms with Crippen LogP contribution in [0.5, 0.6) is 0 Å². The van der Waals surface area contributed by atoms with E-state index in [2.05, 4.69) is 25.2 Å². The van der Waals surface area contributed by atoms with Gasteiger partial charge in [-0.2, -0.15) is 5.26 Å². The Hall–Kier alpha value is -0.550. The van der Waals surface area contributed by atoms with E-state index >= 15 is 0 Å². The fourth-order valence-electron chi connectivity index (χ4n) is 2.90. The van der Waals surface area contributed by atoms with Crippen molar-refractivity contribution < 1.29 is 0 Å². The Morgan fingerprint density at radius 1 is 1.18 bits per heavy atom. The third-order valence-electron chi connectivity index (χ3n) is 3.92. The van der Waals surface area contributed by atoms with E-state index < -0.39 is 0 Å². The van der Waals surface area contributed by atoms with Gasteiger partial charge in [-0.3, -0.25) is 0 Å². The Kier molecular flexibility index (Phi) is 7.28. The molecule has 0 bridgehead atoms. The van der Waals surface area contributed by atoms with Gasteiger partial charge in [0.25, 0.3) is 0 Å². The van der Waals surface area contributed by atoms with Gasteiger partial charge in [-0.25, -0.2) is 0 Å². The molecule has 0 saturated heterocycles. The lowest BCUT2D eigenvalue weighted by atomic mass is 9.84. The van der Waals surface area contributed by atoms with Crippen molar-refractivity contribution in [3.63, 3.8) is 0 Å². The summed E-state index contributed by atoms with van der Waals surface area (Å²) in [6.45, 7) is 4.50. The van der Waals surface area contributed by atoms with Crippen LogP contribution >= 0.6 is 0 Å². The predicted molar refractivity (Wildman–Crippen MR) is 72.7 cm³/mol. The molecule has 0 radical (unpaired) electrons. The molecule has 0 aromatic heterocycles. The molecule has 1 fully saturated rings. The summed E-state index contributed by atoms with van der Waals surface area (Å²) in [6.07, 6.45) is 11.2. The van der Waals surface area contributed by atoms with E-state index in [1.54, 1.807) is 0 Å². The molecule has 0 aromatic carbocycles. The lowest BCUT2D eigenvalue weighted by Crippen LogP contribution is -2.44. The van der Waals surface area contributed by atoms with Crippen LogP contribution in [0, 0.1) is 17.2 Å². The quantitative estimate of drug-likeness (QED) is 0.724. The molecular formula is C15H28N2. The molecule has 1 rings (SSSR count). The van der Waals surface area contributed by atoms with Gasteiger partial charge in [0, 0.05) is 12.1 Å². The topological polar surface area (TPSA) is 35.8 Å². The van der Waals surface area contributed by atoms with E-state index in [4.69, 9.17) is 0 Å². The van der Waals surface area contributed by atoms with Gasteiger partial charge in [0.1, 0.15) is 0 Å². The summed E-state index contributed by atoms with van der Waals surface area (Å²) in [7, 11) is 0. The maximum Gasteiger partial charge on any atom is 0.0672 e. The average Bonchev–Trinajstić information content (AvgIpc) is 2.37. The Bertz CT molecular complexity index is 232. The van der Waals surface area contributed by atoms with E-state index in [9.17, 15) is 5.26 Å². The van der Waals surface area contributed by atoms with Crippen molar-refractivity contribution in [3.8, 4) is 6.07 Å². The van der Waals surface area contributed by atoms with Gasteiger partial charge in [0.15, 0.2) is 0 Å². The molecule has 17 heavy (non-hydrogen) atoms. The van der Waals surface area contributed by atoms with Gasteiger partial charge in [0.05, 0.1) is 12.0 Å². The third kappa shape index (κ3) is 5.08. The van der Waals surface area contributed by atoms with Crippen LogP contribution in [0.4, 0.5) is 0 Å². The minimum Gasteiger partial charge on any atom is -0.310 e. The molecule has 0 aliphatic heterocycles. The summed E-state index contributed by atoms with van der Waals surface area (Å²) in [5.41, 5.74) is 0. The Morgan fingerprint density at radius 3 is 2.59 bits per heavy atom. The first-order valence-electron chi connectivity index (χ1n) is 7.47. The lowest BCUT2D eigenvalue weighted by molar-refractivity contribution is 0.270. The molecule has 1 aliphatic rings. The number of hydrogen-bond donors (Lipinski definition) is 1. The second kappa shape index (κ2) is 8.53. The Balaban J connectivity index is 2.43. The molecule has 1 saturated carbocycles. The molecule has 3 unspecified atom stereocenters. The highest BCUT2D eigenvalue weighted by molar-refractivity contribution is 4.95. The van der Waals surface area contributed by atoms with Crippen molar-refractivity contribution in [2.75, 3.05) is 0 Å². The zero-order chi connectivity index (χ0) is 12.5. The second-order valence-electron chi connectivity index (χ2n) is 5.42. The molecule has 0 heterocycles. The number of nitriles is 1. The van der Waals surface area contributed by atoms with Crippen molar-refractivity contribution in [3.05, 3.63) is 0 Å². The summed E-state index contributed by atoms with van der Waals surface area (Å²) in [5.74, 6) is 0.254. The lowest BCUT2D eigenvalue weighted by Gasteiger charge is -2.32. The van der Waals surface area contributed by atoms with Gasteiger partial charge in [0.2, 0.25) is 0 Å². The van der Waals surface area contributed by atoms with Crippen molar-refractivity contribution in [2.45, 2.75) is 83.7 Å². The molecule has 0 amide bonds. The summed E-state index contributed by atoms with van der Waals surface area (Å²) in [5, 5.41) is 13.0. The number of rotatable bonds is 7. The van der Waals surface area contributed by atoms with E-state index in [0.29, 0.717) is 12.1 Å².